The highest BCUT2D eigenvalue weighted by atomic mass is 32.1. The molecule has 0 unspecified atom stereocenters. The summed E-state index contributed by atoms with van der Waals surface area (Å²) in [5.74, 6) is 1.58. The normalized spacial score (nSPS) is 10.6. The number of aromatic nitrogens is 2. The van der Waals surface area contributed by atoms with E-state index in [1.54, 1.807) is 31.4 Å². The predicted octanol–water partition coefficient (Wildman–Crippen LogP) is 4.73. The summed E-state index contributed by atoms with van der Waals surface area (Å²) < 4.78 is 15.9. The van der Waals surface area contributed by atoms with Crippen molar-refractivity contribution in [1.82, 2.24) is 10.1 Å². The standard InChI is InChI=1S/C21H17N3O4S/c1-26-16-10-9-13(12-17(16)27-2)20(25)22-15-7-4-3-6-14(15)21-23-19(24-28-21)18-8-5-11-29-18/h3-12H,1-2H3,(H,22,25). The van der Waals surface area contributed by atoms with Gasteiger partial charge in [-0.2, -0.15) is 4.98 Å². The minimum Gasteiger partial charge on any atom is -0.493 e. The summed E-state index contributed by atoms with van der Waals surface area (Å²) in [6, 6.07) is 16.1. The zero-order chi connectivity index (χ0) is 20.2. The molecule has 0 atom stereocenters. The summed E-state index contributed by atoms with van der Waals surface area (Å²) in [4.78, 5) is 18.2. The van der Waals surface area contributed by atoms with Crippen LogP contribution in [0.2, 0.25) is 0 Å². The number of methoxy groups -OCH3 is 2. The SMILES string of the molecule is COc1ccc(C(=O)Nc2ccccc2-c2nc(-c3cccs3)no2)cc1OC. The Labute approximate surface area is 170 Å². The summed E-state index contributed by atoms with van der Waals surface area (Å²) in [6.45, 7) is 0. The van der Waals surface area contributed by atoms with Crippen molar-refractivity contribution in [1.29, 1.82) is 0 Å². The first-order valence-corrected chi connectivity index (χ1v) is 9.58. The maximum absolute atomic E-state index is 12.8. The molecule has 2 aromatic heterocycles. The van der Waals surface area contributed by atoms with Crippen LogP contribution in [-0.2, 0) is 0 Å². The molecular weight excluding hydrogens is 390 g/mol. The molecule has 0 saturated heterocycles. The third kappa shape index (κ3) is 3.83. The van der Waals surface area contributed by atoms with Gasteiger partial charge in [-0.1, -0.05) is 23.4 Å². The average Bonchev–Trinajstić information content (AvgIpc) is 3.45. The fraction of sp³-hybridized carbons (Fsp3) is 0.0952. The van der Waals surface area contributed by atoms with Crippen molar-refractivity contribution < 1.29 is 18.8 Å². The van der Waals surface area contributed by atoms with Crippen molar-refractivity contribution in [2.75, 3.05) is 19.5 Å². The van der Waals surface area contributed by atoms with E-state index in [4.69, 9.17) is 14.0 Å². The van der Waals surface area contributed by atoms with Gasteiger partial charge in [0, 0.05) is 5.56 Å². The van der Waals surface area contributed by atoms with E-state index in [1.807, 2.05) is 35.7 Å². The van der Waals surface area contributed by atoms with Gasteiger partial charge in [-0.05, 0) is 41.8 Å². The van der Waals surface area contributed by atoms with E-state index in [2.05, 4.69) is 15.5 Å². The molecule has 1 amide bonds. The van der Waals surface area contributed by atoms with Crippen LogP contribution in [0.1, 0.15) is 10.4 Å². The lowest BCUT2D eigenvalue weighted by atomic mass is 10.1. The molecule has 4 rings (SSSR count). The summed E-state index contributed by atoms with van der Waals surface area (Å²) in [6.07, 6.45) is 0. The number of nitrogens with one attached hydrogen (secondary N) is 1. The minimum absolute atomic E-state index is 0.295. The number of amides is 1. The van der Waals surface area contributed by atoms with E-state index >= 15 is 0 Å². The van der Waals surface area contributed by atoms with Crippen LogP contribution < -0.4 is 14.8 Å². The Balaban J connectivity index is 1.62. The van der Waals surface area contributed by atoms with Crippen molar-refractivity contribution in [2.24, 2.45) is 0 Å². The Morgan fingerprint density at radius 1 is 1.03 bits per heavy atom. The van der Waals surface area contributed by atoms with E-state index in [9.17, 15) is 4.79 Å². The maximum Gasteiger partial charge on any atom is 0.260 e. The highest BCUT2D eigenvalue weighted by molar-refractivity contribution is 7.13. The molecule has 0 radical (unpaired) electrons. The number of thiophene rings is 1. The van der Waals surface area contributed by atoms with Gasteiger partial charge >= 0.3 is 0 Å². The Morgan fingerprint density at radius 2 is 1.86 bits per heavy atom. The van der Waals surface area contributed by atoms with Gasteiger partial charge in [0.1, 0.15) is 0 Å². The van der Waals surface area contributed by atoms with Gasteiger partial charge in [0.15, 0.2) is 11.5 Å². The number of rotatable bonds is 6. The van der Waals surface area contributed by atoms with Gasteiger partial charge in [-0.25, -0.2) is 0 Å². The lowest BCUT2D eigenvalue weighted by Gasteiger charge is -2.11. The summed E-state index contributed by atoms with van der Waals surface area (Å²) in [5, 5.41) is 8.88. The molecule has 2 heterocycles. The number of hydrogen-bond donors (Lipinski definition) is 1. The Bertz CT molecular complexity index is 1140. The van der Waals surface area contributed by atoms with Gasteiger partial charge in [-0.15, -0.1) is 11.3 Å². The molecule has 0 fully saturated rings. The zero-order valence-corrected chi connectivity index (χ0v) is 16.5. The number of para-hydroxylation sites is 1. The quantitative estimate of drug-likeness (QED) is 0.497. The first kappa shape index (κ1) is 18.7. The molecule has 146 valence electrons. The lowest BCUT2D eigenvalue weighted by molar-refractivity contribution is 0.102. The van der Waals surface area contributed by atoms with Crippen LogP contribution in [0.5, 0.6) is 11.5 Å². The van der Waals surface area contributed by atoms with Crippen LogP contribution in [0.3, 0.4) is 0 Å². The van der Waals surface area contributed by atoms with Crippen LogP contribution in [0.25, 0.3) is 22.2 Å². The molecule has 0 saturated carbocycles. The lowest BCUT2D eigenvalue weighted by Crippen LogP contribution is -2.13. The van der Waals surface area contributed by atoms with E-state index < -0.39 is 0 Å². The number of benzene rings is 2. The van der Waals surface area contributed by atoms with E-state index in [0.717, 1.165) is 4.88 Å². The maximum atomic E-state index is 12.8. The molecule has 8 heteroatoms. The van der Waals surface area contributed by atoms with Crippen LogP contribution >= 0.6 is 11.3 Å². The fourth-order valence-electron chi connectivity index (χ4n) is 2.79. The summed E-state index contributed by atoms with van der Waals surface area (Å²) >= 11 is 1.53. The minimum atomic E-state index is -0.295. The highest BCUT2D eigenvalue weighted by Gasteiger charge is 2.17. The number of nitrogens with zero attached hydrogens (tertiary/aromatic N) is 2. The molecule has 0 aliphatic heterocycles. The number of hydrogen-bond acceptors (Lipinski definition) is 7. The number of carbonyl (C=O) groups is 1. The topological polar surface area (TPSA) is 86.5 Å². The Hall–Kier alpha value is -3.65. The Morgan fingerprint density at radius 3 is 2.62 bits per heavy atom. The second kappa shape index (κ2) is 8.15. The third-order valence-electron chi connectivity index (χ3n) is 4.22. The van der Waals surface area contributed by atoms with Crippen LogP contribution in [0.4, 0.5) is 5.69 Å². The van der Waals surface area contributed by atoms with E-state index in [-0.39, 0.29) is 5.91 Å². The molecule has 4 aromatic rings. The first-order chi connectivity index (χ1) is 14.2. The van der Waals surface area contributed by atoms with Crippen LogP contribution in [0.15, 0.2) is 64.5 Å². The van der Waals surface area contributed by atoms with Crippen molar-refractivity contribution >= 4 is 22.9 Å². The molecule has 0 aliphatic carbocycles. The molecule has 7 nitrogen and oxygen atoms in total. The predicted molar refractivity (Wildman–Crippen MR) is 111 cm³/mol. The van der Waals surface area contributed by atoms with Crippen molar-refractivity contribution in [3.05, 3.63) is 65.5 Å². The van der Waals surface area contributed by atoms with E-state index in [0.29, 0.717) is 40.0 Å². The van der Waals surface area contributed by atoms with Crippen molar-refractivity contribution in [3.8, 4) is 33.7 Å². The van der Waals surface area contributed by atoms with E-state index in [1.165, 1.54) is 18.4 Å². The average molecular weight is 407 g/mol. The van der Waals surface area contributed by atoms with Crippen LogP contribution in [0, 0.1) is 0 Å². The molecular formula is C21H17N3O4S. The molecule has 0 spiro atoms. The first-order valence-electron chi connectivity index (χ1n) is 8.70. The second-order valence-electron chi connectivity index (χ2n) is 5.97. The van der Waals surface area contributed by atoms with Gasteiger partial charge < -0.3 is 19.3 Å². The number of anilines is 1. The Kier molecular flexibility index (Phi) is 5.26. The summed E-state index contributed by atoms with van der Waals surface area (Å²) in [5.41, 5.74) is 1.63. The molecule has 1 N–H and O–H groups in total. The number of ether oxygens (including phenoxy) is 2. The monoisotopic (exact) mass is 407 g/mol. The second-order valence-corrected chi connectivity index (χ2v) is 6.92. The third-order valence-corrected chi connectivity index (χ3v) is 5.08. The molecule has 0 bridgehead atoms. The molecule has 29 heavy (non-hydrogen) atoms. The van der Waals surface area contributed by atoms with Gasteiger partial charge in [0.05, 0.1) is 30.3 Å². The van der Waals surface area contributed by atoms with Gasteiger partial charge in [0.25, 0.3) is 11.8 Å². The van der Waals surface area contributed by atoms with Gasteiger partial charge in [0.2, 0.25) is 5.82 Å². The molecule has 0 aliphatic rings. The fourth-order valence-corrected chi connectivity index (χ4v) is 3.44. The highest BCUT2D eigenvalue weighted by Crippen LogP contribution is 2.31. The van der Waals surface area contributed by atoms with Crippen LogP contribution in [-0.4, -0.2) is 30.3 Å². The largest absolute Gasteiger partial charge is 0.493 e. The van der Waals surface area contributed by atoms with Gasteiger partial charge in [-0.3, -0.25) is 4.79 Å². The zero-order valence-electron chi connectivity index (χ0n) is 15.7. The number of carbonyl (C=O) groups excluding carboxylic acids is 1. The van der Waals surface area contributed by atoms with Crippen molar-refractivity contribution in [2.45, 2.75) is 0 Å². The molecule has 2 aromatic carbocycles. The summed E-state index contributed by atoms with van der Waals surface area (Å²) in [7, 11) is 3.07. The smallest absolute Gasteiger partial charge is 0.260 e. The van der Waals surface area contributed by atoms with Crippen molar-refractivity contribution in [3.63, 3.8) is 0 Å².